The van der Waals surface area contributed by atoms with E-state index in [4.69, 9.17) is 4.74 Å². The van der Waals surface area contributed by atoms with Crippen LogP contribution in [-0.2, 0) is 4.74 Å². The maximum absolute atomic E-state index is 5.64. The van der Waals surface area contributed by atoms with Crippen LogP contribution in [0.2, 0.25) is 0 Å². The van der Waals surface area contributed by atoms with Crippen LogP contribution < -0.4 is 5.32 Å². The van der Waals surface area contributed by atoms with Crippen LogP contribution in [0.25, 0.3) is 0 Å². The Morgan fingerprint density at radius 1 is 1.21 bits per heavy atom. The van der Waals surface area contributed by atoms with Gasteiger partial charge >= 0.3 is 0 Å². The summed E-state index contributed by atoms with van der Waals surface area (Å²) in [6.45, 7) is 3.20. The third kappa shape index (κ3) is 6.19. The van der Waals surface area contributed by atoms with E-state index < -0.39 is 0 Å². The lowest BCUT2D eigenvalue weighted by Crippen LogP contribution is -2.32. The van der Waals surface area contributed by atoms with E-state index in [2.05, 4.69) is 27.9 Å². The van der Waals surface area contributed by atoms with Gasteiger partial charge in [-0.1, -0.05) is 29.0 Å². The molecule has 0 aliphatic carbocycles. The molecule has 1 aliphatic rings. The van der Waals surface area contributed by atoms with Crippen molar-refractivity contribution < 1.29 is 4.74 Å². The van der Waals surface area contributed by atoms with Gasteiger partial charge in [-0.05, 0) is 43.1 Å². The molecule has 14 heavy (non-hydrogen) atoms. The summed E-state index contributed by atoms with van der Waals surface area (Å²) in [5.74, 6) is 0. The van der Waals surface area contributed by atoms with E-state index in [1.165, 1.54) is 43.0 Å². The van der Waals surface area contributed by atoms with Crippen LogP contribution in [0.1, 0.15) is 38.5 Å². The zero-order valence-electron chi connectivity index (χ0n) is 8.93. The molecule has 1 saturated heterocycles. The molecule has 1 unspecified atom stereocenters. The highest BCUT2D eigenvalue weighted by Gasteiger charge is 2.12. The van der Waals surface area contributed by atoms with Crippen LogP contribution in [-0.4, -0.2) is 30.2 Å². The Bertz CT molecular complexity index is 126. The summed E-state index contributed by atoms with van der Waals surface area (Å²) in [4.78, 5) is 0. The second kappa shape index (κ2) is 8.92. The predicted octanol–water partition coefficient (Wildman–Crippen LogP) is 2.75. The van der Waals surface area contributed by atoms with Gasteiger partial charge in [0.25, 0.3) is 0 Å². The summed E-state index contributed by atoms with van der Waals surface area (Å²) in [5, 5.41) is 3.49. The maximum Gasteiger partial charge on any atom is 0.0699 e. The molecule has 0 radical (unpaired) electrons. The number of ether oxygens (including phenoxy) is 1. The number of hydrogen-bond acceptors (Lipinski definition) is 2. The zero-order chi connectivity index (χ0) is 10.1. The molecule has 0 aromatic heterocycles. The summed E-state index contributed by atoms with van der Waals surface area (Å²) in [6.07, 6.45) is 8.39. The predicted molar refractivity (Wildman–Crippen MR) is 69.2 cm³/mol. The van der Waals surface area contributed by atoms with E-state index in [0.29, 0.717) is 6.10 Å². The number of alkyl halides is 1. The van der Waals surface area contributed by atoms with Crippen molar-refractivity contribution in [2.75, 3.05) is 24.1 Å². The minimum Gasteiger partial charge on any atom is -0.377 e. The van der Waals surface area contributed by atoms with Gasteiger partial charge in [-0.2, -0.15) is 0 Å². The van der Waals surface area contributed by atoms with Gasteiger partial charge in [0, 0.05) is 13.2 Å². The minimum absolute atomic E-state index is 0.494. The molecule has 0 bridgehead atoms. The Morgan fingerprint density at radius 3 is 2.86 bits per heavy atom. The van der Waals surface area contributed by atoms with E-state index >= 15 is 0 Å². The Morgan fingerprint density at radius 2 is 2.14 bits per heavy atom. The zero-order valence-corrected chi connectivity index (χ0v) is 11.1. The Hall–Kier alpha value is 0.650. The van der Waals surface area contributed by atoms with Crippen molar-refractivity contribution in [1.29, 1.82) is 0 Å². The van der Waals surface area contributed by atoms with Crippen molar-refractivity contribution in [1.82, 2.24) is 5.32 Å². The third-order valence-corrected chi connectivity index (χ3v) is 3.40. The number of hydrogen-bond donors (Lipinski definition) is 1. The first kappa shape index (κ1) is 12.7. The summed E-state index contributed by atoms with van der Waals surface area (Å²) < 4.78 is 6.94. The topological polar surface area (TPSA) is 21.3 Å². The highest BCUT2D eigenvalue weighted by molar-refractivity contribution is 14.1. The van der Waals surface area contributed by atoms with Crippen LogP contribution in [0.5, 0.6) is 0 Å². The molecule has 84 valence electrons. The lowest BCUT2D eigenvalue weighted by Gasteiger charge is -2.22. The molecule has 0 aromatic rings. The van der Waals surface area contributed by atoms with Gasteiger partial charge in [0.05, 0.1) is 6.10 Å². The van der Waals surface area contributed by atoms with Crippen molar-refractivity contribution in [3.63, 3.8) is 0 Å². The van der Waals surface area contributed by atoms with E-state index in [0.717, 1.165) is 19.7 Å². The quantitative estimate of drug-likeness (QED) is 0.443. The van der Waals surface area contributed by atoms with Crippen LogP contribution >= 0.6 is 22.6 Å². The average Bonchev–Trinajstić information content (AvgIpc) is 2.25. The molecule has 1 atom stereocenters. The molecule has 0 spiro atoms. The first-order valence-corrected chi connectivity index (χ1v) is 7.34. The number of rotatable bonds is 7. The lowest BCUT2D eigenvalue weighted by atomic mass is 10.1. The van der Waals surface area contributed by atoms with Gasteiger partial charge in [-0.15, -0.1) is 0 Å². The molecule has 1 aliphatic heterocycles. The van der Waals surface area contributed by atoms with E-state index in [-0.39, 0.29) is 0 Å². The fourth-order valence-electron chi connectivity index (χ4n) is 1.75. The second-order valence-electron chi connectivity index (χ2n) is 3.94. The van der Waals surface area contributed by atoms with Gasteiger partial charge in [0.2, 0.25) is 0 Å². The Balaban J connectivity index is 1.82. The van der Waals surface area contributed by atoms with Gasteiger partial charge in [0.15, 0.2) is 0 Å². The van der Waals surface area contributed by atoms with E-state index in [1.54, 1.807) is 0 Å². The molecule has 0 amide bonds. The molecule has 0 aromatic carbocycles. The highest BCUT2D eigenvalue weighted by Crippen LogP contribution is 2.11. The molecule has 0 saturated carbocycles. The smallest absolute Gasteiger partial charge is 0.0699 e. The van der Waals surface area contributed by atoms with Crippen LogP contribution in [0.3, 0.4) is 0 Å². The first-order chi connectivity index (χ1) is 6.93. The maximum atomic E-state index is 5.64. The molecular weight excluding hydrogens is 289 g/mol. The standard InChI is InChI=1S/C11H22INO/c12-7-3-1-4-8-13-10-11-6-2-5-9-14-11/h11,13H,1-10H2. The number of unbranched alkanes of at least 4 members (excludes halogenated alkanes) is 2. The molecule has 3 heteroatoms. The van der Waals surface area contributed by atoms with Crippen LogP contribution in [0.4, 0.5) is 0 Å². The van der Waals surface area contributed by atoms with Crippen molar-refractivity contribution >= 4 is 22.6 Å². The van der Waals surface area contributed by atoms with Gasteiger partial charge in [-0.25, -0.2) is 0 Å². The fourth-order valence-corrected chi connectivity index (χ4v) is 2.29. The van der Waals surface area contributed by atoms with Gasteiger partial charge in [-0.3, -0.25) is 0 Å². The van der Waals surface area contributed by atoms with Crippen molar-refractivity contribution in [3.8, 4) is 0 Å². The SMILES string of the molecule is ICCCCCNCC1CCCCO1. The molecule has 1 heterocycles. The first-order valence-electron chi connectivity index (χ1n) is 5.82. The fraction of sp³-hybridized carbons (Fsp3) is 1.00. The van der Waals surface area contributed by atoms with Crippen LogP contribution in [0.15, 0.2) is 0 Å². The molecule has 1 fully saturated rings. The van der Waals surface area contributed by atoms with Crippen molar-refractivity contribution in [2.24, 2.45) is 0 Å². The van der Waals surface area contributed by atoms with Gasteiger partial charge in [0.1, 0.15) is 0 Å². The minimum atomic E-state index is 0.494. The number of nitrogens with one attached hydrogen (secondary N) is 1. The van der Waals surface area contributed by atoms with Crippen molar-refractivity contribution in [3.05, 3.63) is 0 Å². The monoisotopic (exact) mass is 311 g/mol. The summed E-state index contributed by atoms with van der Waals surface area (Å²) in [7, 11) is 0. The van der Waals surface area contributed by atoms with E-state index in [1.807, 2.05) is 0 Å². The Labute approximate surface area is 101 Å². The molecular formula is C11H22INO. The lowest BCUT2D eigenvalue weighted by molar-refractivity contribution is 0.0170. The third-order valence-electron chi connectivity index (χ3n) is 2.63. The number of halogens is 1. The summed E-state index contributed by atoms with van der Waals surface area (Å²) >= 11 is 2.44. The van der Waals surface area contributed by atoms with Gasteiger partial charge < -0.3 is 10.1 Å². The average molecular weight is 311 g/mol. The summed E-state index contributed by atoms with van der Waals surface area (Å²) in [6, 6.07) is 0. The normalized spacial score (nSPS) is 22.5. The Kier molecular flexibility index (Phi) is 8.10. The molecule has 1 rings (SSSR count). The van der Waals surface area contributed by atoms with E-state index in [9.17, 15) is 0 Å². The highest BCUT2D eigenvalue weighted by atomic mass is 127. The molecule has 2 nitrogen and oxygen atoms in total. The molecule has 1 N–H and O–H groups in total. The second-order valence-corrected chi connectivity index (χ2v) is 5.02. The van der Waals surface area contributed by atoms with Crippen molar-refractivity contribution in [2.45, 2.75) is 44.6 Å². The summed E-state index contributed by atoms with van der Waals surface area (Å²) in [5.41, 5.74) is 0. The largest absolute Gasteiger partial charge is 0.377 e. The van der Waals surface area contributed by atoms with Crippen LogP contribution in [0, 0.1) is 0 Å².